The molecule has 1 aromatic carbocycles. The number of alkyl halides is 3. The van der Waals surface area contributed by atoms with Crippen LogP contribution >= 0.6 is 0 Å². The first-order valence-electron chi connectivity index (χ1n) is 5.46. The molecule has 0 saturated heterocycles. The second kappa shape index (κ2) is 6.50. The average molecular weight is 350 g/mol. The number of benzene rings is 1. The van der Waals surface area contributed by atoms with Gasteiger partial charge in [0.15, 0.2) is 0 Å². The Morgan fingerprint density at radius 2 is 1.87 bits per heavy atom. The average Bonchev–Trinajstić information content (AvgIpc) is 2.43. The number of nitriles is 2. The predicted molar refractivity (Wildman–Crippen MR) is 69.0 cm³/mol. The molecule has 0 unspecified atom stereocenters. The van der Waals surface area contributed by atoms with Gasteiger partial charge in [-0.15, -0.1) is 0 Å². The standard InChI is InChI=1S/C11H6F4N4O3S/c1-6-2-8(12)9(19-18-7(4-16)5-17)3-10(6)22-23(20,21)11(13,14)15/h2-3,19H,1H3. The Hall–Kier alpha value is -2.86. The first-order chi connectivity index (χ1) is 10.5. The van der Waals surface area contributed by atoms with Gasteiger partial charge in [-0.2, -0.15) is 37.2 Å². The molecular weight excluding hydrogens is 344 g/mol. The third-order valence-electron chi connectivity index (χ3n) is 2.25. The van der Waals surface area contributed by atoms with Crippen LogP contribution in [-0.2, 0) is 10.1 Å². The molecule has 1 aromatic rings. The van der Waals surface area contributed by atoms with Crippen molar-refractivity contribution in [3.8, 4) is 17.9 Å². The summed E-state index contributed by atoms with van der Waals surface area (Å²) in [6, 6.07) is 4.00. The summed E-state index contributed by atoms with van der Waals surface area (Å²) in [7, 11) is -5.93. The van der Waals surface area contributed by atoms with Gasteiger partial charge in [-0.1, -0.05) is 0 Å². The van der Waals surface area contributed by atoms with Crippen LogP contribution in [0.2, 0.25) is 0 Å². The zero-order chi connectivity index (χ0) is 17.8. The lowest BCUT2D eigenvalue weighted by molar-refractivity contribution is -0.0500. The number of hydrogen-bond donors (Lipinski definition) is 1. The lowest BCUT2D eigenvalue weighted by Gasteiger charge is -2.13. The Kier molecular flexibility index (Phi) is 5.14. The summed E-state index contributed by atoms with van der Waals surface area (Å²) >= 11 is 0. The molecule has 0 bridgehead atoms. The van der Waals surface area contributed by atoms with Crippen LogP contribution in [-0.4, -0.2) is 19.6 Å². The Labute approximate surface area is 127 Å². The van der Waals surface area contributed by atoms with E-state index in [4.69, 9.17) is 10.5 Å². The zero-order valence-electron chi connectivity index (χ0n) is 11.1. The van der Waals surface area contributed by atoms with E-state index >= 15 is 0 Å². The highest BCUT2D eigenvalue weighted by Gasteiger charge is 2.48. The minimum atomic E-state index is -5.93. The van der Waals surface area contributed by atoms with Crippen LogP contribution < -0.4 is 9.61 Å². The van der Waals surface area contributed by atoms with Crippen molar-refractivity contribution in [3.05, 3.63) is 23.5 Å². The van der Waals surface area contributed by atoms with E-state index in [1.54, 1.807) is 0 Å². The molecule has 0 spiro atoms. The number of nitrogens with zero attached hydrogens (tertiary/aromatic N) is 3. The fourth-order valence-electron chi connectivity index (χ4n) is 1.18. The van der Waals surface area contributed by atoms with Gasteiger partial charge >= 0.3 is 15.6 Å². The van der Waals surface area contributed by atoms with Gasteiger partial charge in [0.1, 0.15) is 23.7 Å². The Bertz CT molecular complexity index is 819. The monoisotopic (exact) mass is 350 g/mol. The molecule has 1 N–H and O–H groups in total. The van der Waals surface area contributed by atoms with Gasteiger partial charge in [0, 0.05) is 6.07 Å². The third-order valence-corrected chi connectivity index (χ3v) is 3.21. The Morgan fingerprint density at radius 3 is 2.35 bits per heavy atom. The van der Waals surface area contributed by atoms with Gasteiger partial charge in [-0.3, -0.25) is 5.43 Å². The summed E-state index contributed by atoms with van der Waals surface area (Å²) in [5, 5.41) is 20.1. The van der Waals surface area contributed by atoms with Gasteiger partial charge in [-0.25, -0.2) is 4.39 Å². The van der Waals surface area contributed by atoms with Crippen molar-refractivity contribution in [1.82, 2.24) is 0 Å². The summed E-state index contributed by atoms with van der Waals surface area (Å²) in [5.74, 6) is -1.81. The fourth-order valence-corrected chi connectivity index (χ4v) is 1.70. The van der Waals surface area contributed by atoms with Crippen LogP contribution in [0.25, 0.3) is 0 Å². The van der Waals surface area contributed by atoms with Gasteiger partial charge in [0.05, 0.1) is 5.69 Å². The molecule has 23 heavy (non-hydrogen) atoms. The highest BCUT2D eigenvalue weighted by Crippen LogP contribution is 2.31. The quantitative estimate of drug-likeness (QED) is 0.293. The van der Waals surface area contributed by atoms with E-state index < -0.39 is 38.6 Å². The fraction of sp³-hybridized carbons (Fsp3) is 0.182. The number of hydrazone groups is 1. The maximum atomic E-state index is 13.6. The number of nitrogens with one attached hydrogen (secondary N) is 1. The van der Waals surface area contributed by atoms with Gasteiger partial charge < -0.3 is 4.18 Å². The van der Waals surface area contributed by atoms with Crippen LogP contribution in [0.4, 0.5) is 23.2 Å². The van der Waals surface area contributed by atoms with E-state index in [0.29, 0.717) is 12.1 Å². The predicted octanol–water partition coefficient (Wildman–Crippen LogP) is 2.18. The normalized spacial score (nSPS) is 11.1. The van der Waals surface area contributed by atoms with Crippen molar-refractivity contribution in [2.24, 2.45) is 5.10 Å². The number of aryl methyl sites for hydroxylation is 1. The van der Waals surface area contributed by atoms with E-state index in [-0.39, 0.29) is 5.56 Å². The molecule has 12 heteroatoms. The molecule has 0 aromatic heterocycles. The van der Waals surface area contributed by atoms with Crippen LogP contribution in [0.1, 0.15) is 5.56 Å². The number of rotatable bonds is 4. The summed E-state index contributed by atoms with van der Waals surface area (Å²) < 4.78 is 76.3. The van der Waals surface area contributed by atoms with E-state index in [1.807, 2.05) is 5.43 Å². The molecule has 122 valence electrons. The molecule has 0 fully saturated rings. The van der Waals surface area contributed by atoms with E-state index in [2.05, 4.69) is 9.28 Å². The lowest BCUT2D eigenvalue weighted by Crippen LogP contribution is -2.28. The molecular formula is C11H6F4N4O3S. The molecule has 7 nitrogen and oxygen atoms in total. The number of hydrogen-bond acceptors (Lipinski definition) is 7. The Balaban J connectivity index is 3.24. The van der Waals surface area contributed by atoms with Crippen LogP contribution in [0, 0.1) is 35.4 Å². The maximum Gasteiger partial charge on any atom is 0.534 e. The van der Waals surface area contributed by atoms with Crippen LogP contribution in [0.3, 0.4) is 0 Å². The van der Waals surface area contributed by atoms with Crippen molar-refractivity contribution in [2.45, 2.75) is 12.4 Å². The molecule has 1 rings (SSSR count). The molecule has 0 amide bonds. The minimum absolute atomic E-state index is 0.231. The van der Waals surface area contributed by atoms with Gasteiger partial charge in [0.2, 0.25) is 5.71 Å². The molecule has 0 saturated carbocycles. The summed E-state index contributed by atoms with van der Waals surface area (Å²) in [4.78, 5) is 0. The molecule has 0 atom stereocenters. The second-order valence-corrected chi connectivity index (χ2v) is 5.41. The minimum Gasteiger partial charge on any atom is -0.376 e. The van der Waals surface area contributed by atoms with Gasteiger partial charge in [-0.05, 0) is 18.6 Å². The topological polar surface area (TPSA) is 115 Å². The van der Waals surface area contributed by atoms with Crippen molar-refractivity contribution < 1.29 is 30.2 Å². The largest absolute Gasteiger partial charge is 0.534 e. The highest BCUT2D eigenvalue weighted by molar-refractivity contribution is 7.88. The first kappa shape index (κ1) is 18.2. The van der Waals surface area contributed by atoms with E-state index in [1.165, 1.54) is 12.1 Å². The maximum absolute atomic E-state index is 13.6. The van der Waals surface area contributed by atoms with Gasteiger partial charge in [0.25, 0.3) is 0 Å². The molecule has 0 aliphatic heterocycles. The third kappa shape index (κ3) is 4.31. The molecule has 0 aliphatic rings. The number of anilines is 1. The van der Waals surface area contributed by atoms with Crippen molar-refractivity contribution in [1.29, 1.82) is 10.5 Å². The molecule has 0 heterocycles. The van der Waals surface area contributed by atoms with Crippen molar-refractivity contribution >= 4 is 21.5 Å². The summed E-state index contributed by atoms with van der Waals surface area (Å²) in [6.07, 6.45) is 0. The van der Waals surface area contributed by atoms with E-state index in [9.17, 15) is 26.0 Å². The smallest absolute Gasteiger partial charge is 0.376 e. The zero-order valence-corrected chi connectivity index (χ0v) is 12.0. The van der Waals surface area contributed by atoms with Crippen LogP contribution in [0.5, 0.6) is 5.75 Å². The first-order valence-corrected chi connectivity index (χ1v) is 6.87. The van der Waals surface area contributed by atoms with E-state index in [0.717, 1.165) is 6.92 Å². The Morgan fingerprint density at radius 1 is 1.30 bits per heavy atom. The van der Waals surface area contributed by atoms with Crippen molar-refractivity contribution in [3.63, 3.8) is 0 Å². The summed E-state index contributed by atoms with van der Waals surface area (Å²) in [5.41, 5.74) is -5.25. The molecule has 0 aliphatic carbocycles. The van der Waals surface area contributed by atoms with Crippen LogP contribution in [0.15, 0.2) is 17.2 Å². The highest BCUT2D eigenvalue weighted by atomic mass is 32.2. The molecule has 0 radical (unpaired) electrons. The SMILES string of the molecule is Cc1cc(F)c(NN=C(C#N)C#N)cc1OS(=O)(=O)C(F)(F)F. The second-order valence-electron chi connectivity index (χ2n) is 3.88. The van der Waals surface area contributed by atoms with Crippen molar-refractivity contribution in [2.75, 3.05) is 5.43 Å². The summed E-state index contributed by atoms with van der Waals surface area (Å²) in [6.45, 7) is 1.12. The lowest BCUT2D eigenvalue weighted by atomic mass is 10.2. The number of halogens is 4.